The van der Waals surface area contributed by atoms with Gasteiger partial charge < -0.3 is 70.2 Å². The second-order valence-corrected chi connectivity index (χ2v) is 26.9. The first kappa shape index (κ1) is 80.0. The van der Waals surface area contributed by atoms with E-state index in [-0.39, 0.29) is 107 Å². The molecule has 6 bridgehead atoms. The van der Waals surface area contributed by atoms with E-state index in [1.54, 1.807) is 12.3 Å². The third-order valence-electron chi connectivity index (χ3n) is 18.8. The van der Waals surface area contributed by atoms with E-state index < -0.39 is 91.4 Å². The van der Waals surface area contributed by atoms with Gasteiger partial charge in [-0.3, -0.25) is 20.0 Å². The Morgan fingerprint density at radius 3 is 1.19 bits per heavy atom. The highest BCUT2D eigenvalue weighted by atomic mass is 19.4. The van der Waals surface area contributed by atoms with Crippen molar-refractivity contribution in [2.75, 3.05) is 124 Å². The van der Waals surface area contributed by atoms with Gasteiger partial charge in [0.15, 0.2) is 34.9 Å². The van der Waals surface area contributed by atoms with Crippen LogP contribution in [0.1, 0.15) is 55.2 Å². The van der Waals surface area contributed by atoms with E-state index in [2.05, 4.69) is 85.5 Å². The summed E-state index contributed by atoms with van der Waals surface area (Å²) in [6.07, 6.45) is -2.01. The van der Waals surface area contributed by atoms with Crippen LogP contribution in [0.3, 0.4) is 0 Å². The summed E-state index contributed by atoms with van der Waals surface area (Å²) >= 11 is 0. The van der Waals surface area contributed by atoms with Crippen LogP contribution in [0.4, 0.5) is 106 Å². The van der Waals surface area contributed by atoms with E-state index in [4.69, 9.17) is 29.5 Å². The first-order chi connectivity index (χ1) is 54.7. The SMILES string of the molecule is O=C(Nc1ccc(OC[C@@H](O)CO)nc1)N1c2nc(-c3cccc(C(F)(F)F)c3)ncc2N2CCC[C@H]1C2.O=C(Nc1cnc(OC[C@@H](O)CO)nc1)N1c2nc(-c3cccc(C(F)(F)F)c3)ncc2N2CCC[C@H]1C2.O=C(Nc1nccc(OC[C@H](O)CO)n1)N1c2nc(-c3cccc(C(F)(F)F)c3)ncc2N2CCC[C@H]1C2. The van der Waals surface area contributed by atoms with E-state index in [9.17, 15) is 69.2 Å². The smallest absolute Gasteiger partial charge is 0.416 e. The van der Waals surface area contributed by atoms with Crippen LogP contribution in [-0.4, -0.2) is 219 Å². The lowest BCUT2D eigenvalue weighted by molar-refractivity contribution is -0.138. The number of carbonyl (C=O) groups excluding carboxylic acids is 3. The number of pyridine rings is 1. The lowest BCUT2D eigenvalue weighted by Gasteiger charge is -2.45. The van der Waals surface area contributed by atoms with Crippen LogP contribution in [0.25, 0.3) is 34.2 Å². The van der Waals surface area contributed by atoms with Gasteiger partial charge in [0.05, 0.1) is 120 Å². The summed E-state index contributed by atoms with van der Waals surface area (Å²) in [6.45, 7) is 2.06. The van der Waals surface area contributed by atoms with E-state index in [0.29, 0.717) is 60.4 Å². The third kappa shape index (κ3) is 18.8. The molecule has 41 heteroatoms. The Labute approximate surface area is 642 Å². The minimum atomic E-state index is -4.52. The van der Waals surface area contributed by atoms with Crippen molar-refractivity contribution in [2.24, 2.45) is 0 Å². The summed E-state index contributed by atoms with van der Waals surface area (Å²) in [5, 5.41) is 63.1. The quantitative estimate of drug-likeness (QED) is 0.0362. The van der Waals surface area contributed by atoms with E-state index >= 15 is 0 Å². The standard InChI is InChI=1S/C25H25F3N6O4.2C24H24F3N7O4/c26-25(27,28)16-4-1-3-15(9-16)22-30-11-20-23(32-22)34(18-5-2-8-33(20)12-18)24(37)31-17-6-7-21(29-10-17)38-14-19(36)13-35;25-24(26,27)15-4-1-3-14(9-15)20-29-10-18-21(31-20)34(16-5-2-8-33(18)11-16)23(37)32-22-28-7-6-19(30-22)38-13-17(36)12-35;25-24(26,27)15-4-1-3-14(7-15)20-28-10-19-21(32-20)34(17-5-2-6-33(19)11-17)23(37)31-16-8-29-22(30-9-16)38-13-18(36)12-35/h1,3-4,6-7,9-11,18-19,35-36H,2,5,8,12-14H2,(H,31,37);1,3-4,6-7,9-10,16-17,35-36H,2,5,8,11-13H2,(H,28,30,32,37);1,3-4,7-10,17-18,35-36H,2,5-6,11-13H2,(H,31,37)/t18-,19-;16-,17+;17-,18-/m000/s1. The number of alkyl halides is 9. The fraction of sp³-hybridized carbons (Fsp3) is 0.370. The molecule has 0 spiro atoms. The van der Waals surface area contributed by atoms with Crippen molar-refractivity contribution < 1.29 is 98.7 Å². The molecule has 6 aromatic heterocycles. The second kappa shape index (κ2) is 34.5. The summed E-state index contributed by atoms with van der Waals surface area (Å²) in [7, 11) is 0. The summed E-state index contributed by atoms with van der Waals surface area (Å²) in [5.41, 5.74) is 0.623. The predicted octanol–water partition coefficient (Wildman–Crippen LogP) is 8.72. The van der Waals surface area contributed by atoms with E-state index in [1.807, 2.05) is 0 Å². The number of halogens is 9. The number of hydrogen-bond donors (Lipinski definition) is 9. The Hall–Kier alpha value is -12.1. The van der Waals surface area contributed by atoms with Gasteiger partial charge in [-0.05, 0) is 81.0 Å². The van der Waals surface area contributed by atoms with Gasteiger partial charge in [0, 0.05) is 74.3 Å². The van der Waals surface area contributed by atoms with Crippen molar-refractivity contribution in [2.45, 2.75) is 93.5 Å². The molecule has 0 aliphatic carbocycles. The zero-order chi connectivity index (χ0) is 80.6. The molecule has 600 valence electrons. The maximum absolute atomic E-state index is 13.5. The summed E-state index contributed by atoms with van der Waals surface area (Å²) in [5.74, 6) is 1.36. The molecule has 3 aromatic carbocycles. The summed E-state index contributed by atoms with van der Waals surface area (Å²) in [6, 6.07) is 16.6. The van der Waals surface area contributed by atoms with Gasteiger partial charge in [-0.1, -0.05) is 36.4 Å². The first-order valence-corrected chi connectivity index (χ1v) is 35.7. The highest BCUT2D eigenvalue weighted by Crippen LogP contribution is 2.44. The number of amides is 6. The highest BCUT2D eigenvalue weighted by Gasteiger charge is 2.43. The molecule has 3 saturated heterocycles. The molecule has 6 aliphatic rings. The highest BCUT2D eigenvalue weighted by molar-refractivity contribution is 6.06. The van der Waals surface area contributed by atoms with Crippen LogP contribution < -0.4 is 59.6 Å². The Bertz CT molecular complexity index is 4700. The normalized spacial score (nSPS) is 17.6. The van der Waals surface area contributed by atoms with Gasteiger partial charge in [-0.15, -0.1) is 0 Å². The molecule has 6 atom stereocenters. The maximum atomic E-state index is 13.5. The number of carbonyl (C=O) groups is 3. The molecule has 32 nitrogen and oxygen atoms in total. The molecule has 0 radical (unpaired) electrons. The number of rotatable bonds is 18. The number of aliphatic hydroxyl groups is 6. The van der Waals surface area contributed by atoms with Gasteiger partial charge in [-0.2, -0.15) is 44.5 Å². The first-order valence-electron chi connectivity index (χ1n) is 35.7. The predicted molar refractivity (Wildman–Crippen MR) is 392 cm³/mol. The van der Waals surface area contributed by atoms with E-state index in [0.717, 1.165) is 88.1 Å². The number of benzene rings is 3. The lowest BCUT2D eigenvalue weighted by atomic mass is 10.0. The molecule has 12 heterocycles. The van der Waals surface area contributed by atoms with Crippen LogP contribution in [0.2, 0.25) is 0 Å². The minimum absolute atomic E-state index is 0.0415. The molecule has 15 rings (SSSR count). The van der Waals surface area contributed by atoms with Gasteiger partial charge in [0.2, 0.25) is 17.7 Å². The number of piperidine rings is 3. The summed E-state index contributed by atoms with van der Waals surface area (Å²) in [4.78, 5) is 97.9. The molecule has 9 N–H and O–H groups in total. The number of urea groups is 3. The molecule has 0 saturated carbocycles. The number of nitrogens with zero attached hydrogens (tertiary/aromatic N) is 17. The van der Waals surface area contributed by atoms with Crippen LogP contribution in [0.15, 0.2) is 134 Å². The number of nitrogens with one attached hydrogen (secondary N) is 3. The minimum Gasteiger partial charge on any atom is -0.475 e. The molecular formula is C73H73F9N20O12. The number of anilines is 9. The van der Waals surface area contributed by atoms with Crippen molar-refractivity contribution in [3.63, 3.8) is 0 Å². The molecular weight excluding hydrogens is 1520 g/mol. The fourth-order valence-electron chi connectivity index (χ4n) is 13.4. The van der Waals surface area contributed by atoms with Crippen molar-refractivity contribution in [1.29, 1.82) is 0 Å². The van der Waals surface area contributed by atoms with Gasteiger partial charge >= 0.3 is 42.6 Å². The molecule has 6 aliphatic heterocycles. The number of aromatic nitrogens is 11. The fourth-order valence-corrected chi connectivity index (χ4v) is 13.4. The Kier molecular flexibility index (Phi) is 24.2. The van der Waals surface area contributed by atoms with Crippen LogP contribution in [0, 0.1) is 0 Å². The van der Waals surface area contributed by atoms with Crippen LogP contribution in [0.5, 0.6) is 17.8 Å². The molecule has 6 amide bonds. The molecule has 114 heavy (non-hydrogen) atoms. The third-order valence-corrected chi connectivity index (χ3v) is 18.8. The Morgan fingerprint density at radius 2 is 0.807 bits per heavy atom. The van der Waals surface area contributed by atoms with Crippen molar-refractivity contribution in [3.05, 3.63) is 151 Å². The van der Waals surface area contributed by atoms with Crippen molar-refractivity contribution >= 4 is 69.9 Å². The molecule has 9 aromatic rings. The molecule has 3 fully saturated rings. The second-order valence-electron chi connectivity index (χ2n) is 26.9. The summed E-state index contributed by atoms with van der Waals surface area (Å²) < 4.78 is 135. The van der Waals surface area contributed by atoms with Gasteiger partial charge in [0.25, 0.3) is 0 Å². The van der Waals surface area contributed by atoms with Crippen LogP contribution in [-0.2, 0) is 18.5 Å². The number of aliphatic hydroxyl groups excluding tert-OH is 6. The largest absolute Gasteiger partial charge is 0.475 e. The van der Waals surface area contributed by atoms with Crippen molar-refractivity contribution in [3.8, 4) is 51.9 Å². The van der Waals surface area contributed by atoms with E-state index in [1.165, 1.54) is 100 Å². The number of ether oxygens (including phenoxy) is 3. The van der Waals surface area contributed by atoms with Crippen molar-refractivity contribution in [1.82, 2.24) is 54.8 Å². The molecule has 0 unspecified atom stereocenters. The number of fused-ring (bicyclic) bond motifs is 12. The average molecular weight is 1590 g/mol. The lowest BCUT2D eigenvalue weighted by Crippen LogP contribution is -2.56. The monoisotopic (exact) mass is 1590 g/mol. The van der Waals surface area contributed by atoms with Gasteiger partial charge in [0.1, 0.15) is 38.1 Å². The number of hydrogen-bond acceptors (Lipinski definition) is 26. The zero-order valence-electron chi connectivity index (χ0n) is 60.0. The van der Waals surface area contributed by atoms with Gasteiger partial charge in [-0.25, -0.2) is 64.2 Å². The maximum Gasteiger partial charge on any atom is 0.416 e. The Morgan fingerprint density at radius 1 is 0.430 bits per heavy atom. The Balaban J connectivity index is 0.000000149. The average Bonchev–Trinajstić information content (AvgIpc) is 0.762. The zero-order valence-corrected chi connectivity index (χ0v) is 60.0. The van der Waals surface area contributed by atoms with Crippen LogP contribution >= 0.6 is 0 Å². The topological polar surface area (TPSA) is 398 Å².